The van der Waals surface area contributed by atoms with Crippen LogP contribution in [0.1, 0.15) is 74.7 Å². The van der Waals surface area contributed by atoms with Crippen LogP contribution in [-0.2, 0) is 4.74 Å². The number of hydrogen-bond acceptors (Lipinski definition) is 4. The van der Waals surface area contributed by atoms with Crippen molar-refractivity contribution < 1.29 is 13.9 Å². The Morgan fingerprint density at radius 3 is 2.52 bits per heavy atom. The smallest absolute Gasteiger partial charge is 0.373 e. The predicted octanol–water partition coefficient (Wildman–Crippen LogP) is 4.08. The number of esters is 1. The lowest BCUT2D eigenvalue weighted by Crippen LogP contribution is -2.35. The molecule has 1 heterocycles. The molecule has 0 aromatic carbocycles. The summed E-state index contributed by atoms with van der Waals surface area (Å²) in [7, 11) is 1.36. The van der Waals surface area contributed by atoms with E-state index >= 15 is 0 Å². The lowest BCUT2D eigenvalue weighted by molar-refractivity contribution is 0.0562. The maximum Gasteiger partial charge on any atom is 0.373 e. The van der Waals surface area contributed by atoms with Gasteiger partial charge in [0.2, 0.25) is 5.76 Å². The molecule has 1 aromatic heterocycles. The summed E-state index contributed by atoms with van der Waals surface area (Å²) in [6.07, 6.45) is 8.06. The van der Waals surface area contributed by atoms with Crippen molar-refractivity contribution >= 4 is 5.97 Å². The van der Waals surface area contributed by atoms with Gasteiger partial charge in [0.15, 0.2) is 0 Å². The molecule has 2 atom stereocenters. The zero-order valence-corrected chi connectivity index (χ0v) is 13.4. The normalized spacial score (nSPS) is 19.8. The molecule has 118 valence electrons. The molecule has 0 bridgehead atoms. The van der Waals surface area contributed by atoms with E-state index < -0.39 is 5.97 Å². The fraction of sp³-hybridized carbons (Fsp3) is 0.706. The molecule has 1 aliphatic carbocycles. The van der Waals surface area contributed by atoms with Crippen LogP contribution in [0.25, 0.3) is 0 Å². The summed E-state index contributed by atoms with van der Waals surface area (Å²) in [5.74, 6) is 1.37. The van der Waals surface area contributed by atoms with E-state index in [4.69, 9.17) is 4.42 Å². The lowest BCUT2D eigenvalue weighted by Gasteiger charge is -2.26. The average Bonchev–Trinajstić information content (AvgIpc) is 2.82. The summed E-state index contributed by atoms with van der Waals surface area (Å²) in [5, 5.41) is 3.62. The van der Waals surface area contributed by atoms with Crippen LogP contribution in [0, 0.1) is 5.92 Å². The minimum absolute atomic E-state index is 0.0988. The molecule has 4 nitrogen and oxygen atoms in total. The largest absolute Gasteiger partial charge is 0.463 e. The number of furan rings is 1. The predicted molar refractivity (Wildman–Crippen MR) is 82.3 cm³/mol. The van der Waals surface area contributed by atoms with Gasteiger partial charge in [-0.25, -0.2) is 4.79 Å². The van der Waals surface area contributed by atoms with E-state index in [-0.39, 0.29) is 11.8 Å². The number of carbonyl (C=O) groups is 1. The molecule has 1 saturated carbocycles. The quantitative estimate of drug-likeness (QED) is 0.656. The number of ether oxygens (including phenoxy) is 1. The fourth-order valence-electron chi connectivity index (χ4n) is 3.22. The van der Waals surface area contributed by atoms with Gasteiger partial charge < -0.3 is 14.5 Å². The molecule has 0 amide bonds. The number of nitrogens with one attached hydrogen (secondary N) is 1. The van der Waals surface area contributed by atoms with E-state index in [2.05, 4.69) is 23.9 Å². The molecule has 4 heteroatoms. The summed E-state index contributed by atoms with van der Waals surface area (Å²) in [5.41, 5.74) is 0. The van der Waals surface area contributed by atoms with Gasteiger partial charge in [-0.1, -0.05) is 25.7 Å². The van der Waals surface area contributed by atoms with Crippen molar-refractivity contribution in [1.29, 1.82) is 0 Å². The molecule has 0 spiro atoms. The molecule has 1 fully saturated rings. The number of carbonyl (C=O) groups excluding carboxylic acids is 1. The summed E-state index contributed by atoms with van der Waals surface area (Å²) < 4.78 is 10.2. The second-order valence-corrected chi connectivity index (χ2v) is 6.12. The van der Waals surface area contributed by atoms with Crippen molar-refractivity contribution in [3.8, 4) is 0 Å². The van der Waals surface area contributed by atoms with Crippen molar-refractivity contribution in [3.05, 3.63) is 23.7 Å². The maximum absolute atomic E-state index is 11.4. The lowest BCUT2D eigenvalue weighted by atomic mass is 9.92. The SMILES string of the molecule is COC(=O)c1ccc(C(C)N[C@@H](C)C2CCCCCC2)o1. The highest BCUT2D eigenvalue weighted by Gasteiger charge is 2.22. The first kappa shape index (κ1) is 16.1. The average molecular weight is 293 g/mol. The van der Waals surface area contributed by atoms with Crippen molar-refractivity contribution in [3.63, 3.8) is 0 Å². The Labute approximate surface area is 127 Å². The summed E-state index contributed by atoms with van der Waals surface area (Å²) in [6.45, 7) is 4.34. The molecule has 1 N–H and O–H groups in total. The van der Waals surface area contributed by atoms with E-state index in [0.717, 1.165) is 11.7 Å². The van der Waals surface area contributed by atoms with Crippen LogP contribution < -0.4 is 5.32 Å². The van der Waals surface area contributed by atoms with Crippen molar-refractivity contribution in [1.82, 2.24) is 5.32 Å². The number of methoxy groups -OCH3 is 1. The summed E-state index contributed by atoms with van der Waals surface area (Å²) in [4.78, 5) is 11.4. The number of hydrogen-bond donors (Lipinski definition) is 1. The Morgan fingerprint density at radius 2 is 1.90 bits per heavy atom. The second kappa shape index (κ2) is 7.64. The van der Waals surface area contributed by atoms with E-state index in [1.165, 1.54) is 45.6 Å². The zero-order valence-electron chi connectivity index (χ0n) is 13.4. The van der Waals surface area contributed by atoms with Crippen molar-refractivity contribution in [2.75, 3.05) is 7.11 Å². The van der Waals surface area contributed by atoms with Crippen LogP contribution in [0.15, 0.2) is 16.5 Å². The summed E-state index contributed by atoms with van der Waals surface area (Å²) >= 11 is 0. The van der Waals surface area contributed by atoms with Gasteiger partial charge in [0.1, 0.15) is 5.76 Å². The Kier molecular flexibility index (Phi) is 5.85. The van der Waals surface area contributed by atoms with Gasteiger partial charge in [-0.3, -0.25) is 0 Å². The molecule has 0 saturated heterocycles. The van der Waals surface area contributed by atoms with E-state index in [1.54, 1.807) is 6.07 Å². The van der Waals surface area contributed by atoms with Crippen LogP contribution in [0.5, 0.6) is 0 Å². The topological polar surface area (TPSA) is 51.5 Å². The van der Waals surface area contributed by atoms with Gasteiger partial charge in [0.05, 0.1) is 13.2 Å². The molecule has 1 aromatic rings. The molecule has 0 aliphatic heterocycles. The first-order valence-corrected chi connectivity index (χ1v) is 8.06. The third kappa shape index (κ3) is 4.34. The van der Waals surface area contributed by atoms with Gasteiger partial charge in [0.25, 0.3) is 0 Å². The maximum atomic E-state index is 11.4. The minimum atomic E-state index is -0.426. The van der Waals surface area contributed by atoms with E-state index in [9.17, 15) is 4.79 Å². The third-order valence-corrected chi connectivity index (χ3v) is 4.56. The Morgan fingerprint density at radius 1 is 1.24 bits per heavy atom. The summed E-state index contributed by atoms with van der Waals surface area (Å²) in [6, 6.07) is 4.09. The minimum Gasteiger partial charge on any atom is -0.463 e. The van der Waals surface area contributed by atoms with Crippen LogP contribution in [-0.4, -0.2) is 19.1 Å². The van der Waals surface area contributed by atoms with E-state index in [0.29, 0.717) is 6.04 Å². The molecule has 2 rings (SSSR count). The monoisotopic (exact) mass is 293 g/mol. The Bertz CT molecular complexity index is 447. The third-order valence-electron chi connectivity index (χ3n) is 4.56. The van der Waals surface area contributed by atoms with E-state index in [1.807, 2.05) is 6.07 Å². The molecule has 1 aliphatic rings. The zero-order chi connectivity index (χ0) is 15.2. The highest BCUT2D eigenvalue weighted by Crippen LogP contribution is 2.27. The van der Waals surface area contributed by atoms with Gasteiger partial charge in [-0.2, -0.15) is 0 Å². The molecule has 1 unspecified atom stereocenters. The molecular weight excluding hydrogens is 266 g/mol. The van der Waals surface area contributed by atoms with Crippen molar-refractivity contribution in [2.45, 2.75) is 64.5 Å². The van der Waals surface area contributed by atoms with Crippen LogP contribution in [0.3, 0.4) is 0 Å². The van der Waals surface area contributed by atoms with Gasteiger partial charge in [-0.05, 0) is 44.7 Å². The van der Waals surface area contributed by atoms with Gasteiger partial charge in [-0.15, -0.1) is 0 Å². The Hall–Kier alpha value is -1.29. The first-order valence-electron chi connectivity index (χ1n) is 8.06. The highest BCUT2D eigenvalue weighted by atomic mass is 16.5. The van der Waals surface area contributed by atoms with Crippen LogP contribution in [0.2, 0.25) is 0 Å². The van der Waals surface area contributed by atoms with Gasteiger partial charge >= 0.3 is 5.97 Å². The van der Waals surface area contributed by atoms with Gasteiger partial charge in [0, 0.05) is 6.04 Å². The molecule has 21 heavy (non-hydrogen) atoms. The molecular formula is C17H27NO3. The highest BCUT2D eigenvalue weighted by molar-refractivity contribution is 5.86. The van der Waals surface area contributed by atoms with Crippen molar-refractivity contribution in [2.24, 2.45) is 5.92 Å². The number of rotatable bonds is 5. The molecule has 0 radical (unpaired) electrons. The second-order valence-electron chi connectivity index (χ2n) is 6.12. The first-order chi connectivity index (χ1) is 10.1. The van der Waals surface area contributed by atoms with Crippen LogP contribution in [0.4, 0.5) is 0 Å². The van der Waals surface area contributed by atoms with Crippen LogP contribution >= 0.6 is 0 Å². The standard InChI is InChI=1S/C17H27NO3/c1-12(14-8-6-4-5-7-9-14)18-13(2)15-10-11-16(21-15)17(19)20-3/h10-14,18H,4-9H2,1-3H3/t12-,13?/m0/s1. The fourth-order valence-corrected chi connectivity index (χ4v) is 3.22. The Balaban J connectivity index is 1.91.